The number of benzene rings is 1. The Balaban J connectivity index is 0.000000431. The van der Waals surface area contributed by atoms with Crippen molar-refractivity contribution >= 4 is 28.0 Å². The van der Waals surface area contributed by atoms with Crippen LogP contribution in [0.3, 0.4) is 0 Å². The van der Waals surface area contributed by atoms with Crippen LogP contribution in [0, 0.1) is 13.8 Å². The molecule has 2 aromatic heterocycles. The predicted molar refractivity (Wildman–Crippen MR) is 113 cm³/mol. The number of nitrogens with one attached hydrogen (secondary N) is 2. The van der Waals surface area contributed by atoms with Crippen LogP contribution in [0.2, 0.25) is 0 Å². The van der Waals surface area contributed by atoms with E-state index in [0.29, 0.717) is 6.26 Å². The lowest BCUT2D eigenvalue weighted by molar-refractivity contribution is 0.412. The Kier molecular flexibility index (Phi) is 5.76. The van der Waals surface area contributed by atoms with Gasteiger partial charge in [0.05, 0.1) is 35.1 Å². The second-order valence-corrected chi connectivity index (χ2v) is 8.26. The van der Waals surface area contributed by atoms with Gasteiger partial charge in [-0.25, -0.2) is 4.99 Å². The number of aromatic nitrogens is 2. The van der Waals surface area contributed by atoms with E-state index < -0.39 is 10.1 Å². The van der Waals surface area contributed by atoms with Crippen molar-refractivity contribution in [3.63, 3.8) is 0 Å². The molecule has 0 bridgehead atoms. The summed E-state index contributed by atoms with van der Waals surface area (Å²) >= 11 is 0. The second kappa shape index (κ2) is 8.10. The number of aromatic amines is 2. The normalized spacial score (nSPS) is 15.1. The molecule has 3 heterocycles. The molecule has 4 rings (SSSR count). The highest BCUT2D eigenvalue weighted by atomic mass is 32.2. The third kappa shape index (κ3) is 5.24. The maximum Gasteiger partial charge on any atom is 0.261 e. The molecule has 29 heavy (non-hydrogen) atoms. The minimum absolute atomic E-state index is 0.715. The van der Waals surface area contributed by atoms with Gasteiger partial charge in [-0.15, -0.1) is 0 Å². The van der Waals surface area contributed by atoms with E-state index in [2.05, 4.69) is 48.1 Å². The Morgan fingerprint density at radius 1 is 1.14 bits per heavy atom. The van der Waals surface area contributed by atoms with Crippen LogP contribution in [-0.4, -0.2) is 36.3 Å². The maximum atomic E-state index is 9.19. The smallest absolute Gasteiger partial charge is 0.261 e. The van der Waals surface area contributed by atoms with Gasteiger partial charge >= 0.3 is 0 Å². The van der Waals surface area contributed by atoms with Gasteiger partial charge in [-0.05, 0) is 43.7 Å². The van der Waals surface area contributed by atoms with E-state index in [9.17, 15) is 8.42 Å². The molecule has 8 heteroatoms. The number of fused-ring (bicyclic) bond motifs is 1. The van der Waals surface area contributed by atoms with Crippen LogP contribution in [0.4, 0.5) is 0 Å². The number of ether oxygens (including phenoxy) is 1. The summed E-state index contributed by atoms with van der Waals surface area (Å²) in [5.41, 5.74) is 4.37. The molecule has 0 amide bonds. The van der Waals surface area contributed by atoms with E-state index in [-0.39, 0.29) is 0 Å². The van der Waals surface area contributed by atoms with Gasteiger partial charge in [0.1, 0.15) is 5.75 Å². The van der Waals surface area contributed by atoms with Gasteiger partial charge in [0.15, 0.2) is 0 Å². The first-order valence-electron chi connectivity index (χ1n) is 8.87. The van der Waals surface area contributed by atoms with Gasteiger partial charge in [-0.3, -0.25) is 4.55 Å². The molecule has 152 valence electrons. The number of methoxy groups -OCH3 is 1. The zero-order valence-corrected chi connectivity index (χ0v) is 17.5. The highest BCUT2D eigenvalue weighted by Crippen LogP contribution is 2.10. The monoisotopic (exact) mass is 413 g/mol. The zero-order valence-electron chi connectivity index (χ0n) is 16.6. The molecule has 0 spiro atoms. The van der Waals surface area contributed by atoms with Gasteiger partial charge < -0.3 is 14.7 Å². The summed E-state index contributed by atoms with van der Waals surface area (Å²) < 4.78 is 31.4. The summed E-state index contributed by atoms with van der Waals surface area (Å²) in [4.78, 5) is 11.5. The molecule has 0 fully saturated rings. The van der Waals surface area contributed by atoms with Crippen molar-refractivity contribution in [2.75, 3.05) is 13.4 Å². The molecular formula is C21H23N3O4S. The molecule has 1 aromatic carbocycles. The van der Waals surface area contributed by atoms with Crippen LogP contribution in [0.25, 0.3) is 17.8 Å². The predicted octanol–water partition coefficient (Wildman–Crippen LogP) is 0.523. The number of para-hydroxylation sites is 1. The molecular weight excluding hydrogens is 390 g/mol. The highest BCUT2D eigenvalue weighted by molar-refractivity contribution is 7.85. The first-order chi connectivity index (χ1) is 13.6. The molecule has 0 radical (unpaired) electrons. The van der Waals surface area contributed by atoms with E-state index in [1.54, 1.807) is 7.11 Å². The number of hydrogen-bond donors (Lipinski definition) is 3. The average Bonchev–Trinajstić information content (AvgIpc) is 3.30. The highest BCUT2D eigenvalue weighted by Gasteiger charge is 2.06. The van der Waals surface area contributed by atoms with Gasteiger partial charge in [0, 0.05) is 22.7 Å². The first-order valence-corrected chi connectivity index (χ1v) is 10.7. The Morgan fingerprint density at radius 3 is 2.41 bits per heavy atom. The van der Waals surface area contributed by atoms with Crippen molar-refractivity contribution in [2.24, 2.45) is 4.99 Å². The molecule has 3 N–H and O–H groups in total. The van der Waals surface area contributed by atoms with Crippen molar-refractivity contribution in [1.82, 2.24) is 9.97 Å². The van der Waals surface area contributed by atoms with Crippen LogP contribution in [-0.2, 0) is 10.1 Å². The maximum absolute atomic E-state index is 9.19. The number of hydrogen-bond acceptors (Lipinski definition) is 4. The average molecular weight is 413 g/mol. The Bertz CT molecular complexity index is 1350. The Labute approximate surface area is 168 Å². The van der Waals surface area contributed by atoms with Gasteiger partial charge in [0.2, 0.25) is 0 Å². The summed E-state index contributed by atoms with van der Waals surface area (Å²) in [6.45, 7) is 4.15. The van der Waals surface area contributed by atoms with Crippen LogP contribution in [0.5, 0.6) is 5.75 Å². The molecule has 0 aliphatic carbocycles. The lowest BCUT2D eigenvalue weighted by Crippen LogP contribution is -2.19. The topological polar surface area (TPSA) is 108 Å². The first kappa shape index (κ1) is 20.6. The van der Waals surface area contributed by atoms with Crippen LogP contribution < -0.4 is 26.0 Å². The number of rotatable bonds is 2. The van der Waals surface area contributed by atoms with Gasteiger partial charge in [-0.2, -0.15) is 8.42 Å². The van der Waals surface area contributed by atoms with E-state index in [0.717, 1.165) is 44.1 Å². The van der Waals surface area contributed by atoms with Gasteiger partial charge in [0.25, 0.3) is 10.1 Å². The largest absolute Gasteiger partial charge is 0.494 e. The lowest BCUT2D eigenvalue weighted by atomic mass is 10.2. The molecule has 0 saturated heterocycles. The van der Waals surface area contributed by atoms with Crippen molar-refractivity contribution in [1.29, 1.82) is 0 Å². The fraction of sp³-hybridized carbons (Fsp3) is 0.190. The van der Waals surface area contributed by atoms with Crippen LogP contribution >= 0.6 is 0 Å². The Morgan fingerprint density at radius 2 is 1.83 bits per heavy atom. The third-order valence-electron chi connectivity index (χ3n) is 4.25. The minimum Gasteiger partial charge on any atom is -0.494 e. The Hall–Kier alpha value is -3.10. The molecule has 0 saturated carbocycles. The van der Waals surface area contributed by atoms with E-state index >= 15 is 0 Å². The van der Waals surface area contributed by atoms with E-state index in [4.69, 9.17) is 14.3 Å². The summed E-state index contributed by atoms with van der Waals surface area (Å²) in [7, 11) is -1.98. The third-order valence-corrected chi connectivity index (χ3v) is 4.25. The SMILES string of the molecule is COc1c/c(=C2\C=c3ccccc3=N2)[nH]c1=Cc1[nH]c(C)cc1C.CS(=O)(=O)O. The summed E-state index contributed by atoms with van der Waals surface area (Å²) in [6.07, 6.45) is 4.88. The van der Waals surface area contributed by atoms with Crippen molar-refractivity contribution in [2.45, 2.75) is 13.8 Å². The van der Waals surface area contributed by atoms with Crippen molar-refractivity contribution < 1.29 is 17.7 Å². The molecule has 1 aliphatic rings. The summed E-state index contributed by atoms with van der Waals surface area (Å²) in [6, 6.07) is 12.3. The molecule has 1 aliphatic heterocycles. The van der Waals surface area contributed by atoms with Gasteiger partial charge in [-0.1, -0.05) is 18.2 Å². The second-order valence-electron chi connectivity index (χ2n) is 6.79. The summed E-state index contributed by atoms with van der Waals surface area (Å²) in [5.74, 6) is 0.809. The standard InChI is InChI=1S/C20H19N3O.CH4O3S/c1-12-8-13(2)21-16(12)10-19-20(24-3)11-18(23-19)17-9-14-6-4-5-7-15(14)22-17;1-5(2,3)4/h4-11,21,23H,1-3H3;1H3,(H,2,3,4)/b18-17-,19-10?;. The quantitative estimate of drug-likeness (QED) is 0.533. The summed E-state index contributed by atoms with van der Waals surface area (Å²) in [5, 5.41) is 4.03. The fourth-order valence-corrected chi connectivity index (χ4v) is 3.07. The molecule has 0 unspecified atom stereocenters. The number of aryl methyl sites for hydroxylation is 2. The van der Waals surface area contributed by atoms with Crippen LogP contribution in [0.15, 0.2) is 41.4 Å². The lowest BCUT2D eigenvalue weighted by Gasteiger charge is -1.94. The molecule has 0 atom stereocenters. The van der Waals surface area contributed by atoms with E-state index in [1.165, 1.54) is 5.56 Å². The minimum atomic E-state index is -3.67. The van der Waals surface area contributed by atoms with Crippen molar-refractivity contribution in [3.8, 4) is 5.75 Å². The number of nitrogens with zero attached hydrogens (tertiary/aromatic N) is 1. The van der Waals surface area contributed by atoms with E-state index in [1.807, 2.05) is 24.3 Å². The van der Waals surface area contributed by atoms with Crippen LogP contribution in [0.1, 0.15) is 17.0 Å². The number of H-pyrrole nitrogens is 2. The molecule has 3 aromatic rings. The van der Waals surface area contributed by atoms with Crippen molar-refractivity contribution in [3.05, 3.63) is 74.6 Å². The fourth-order valence-electron chi connectivity index (χ4n) is 3.07. The zero-order chi connectivity index (χ0) is 21.2. The molecule has 7 nitrogen and oxygen atoms in total.